The van der Waals surface area contributed by atoms with E-state index in [-0.39, 0.29) is 11.0 Å². The van der Waals surface area contributed by atoms with Crippen LogP contribution in [0.25, 0.3) is 0 Å². The van der Waals surface area contributed by atoms with Crippen molar-refractivity contribution >= 4 is 5.82 Å². The zero-order valence-corrected chi connectivity index (χ0v) is 13.7. The van der Waals surface area contributed by atoms with Crippen molar-refractivity contribution in [2.45, 2.75) is 59.5 Å². The average Bonchev–Trinajstić information content (AvgIpc) is 2.26. The van der Waals surface area contributed by atoms with Crippen molar-refractivity contribution in [1.82, 2.24) is 9.97 Å². The number of aromatic nitrogens is 2. The molecule has 5 nitrogen and oxygen atoms in total. The van der Waals surface area contributed by atoms with E-state index in [0.29, 0.717) is 30.7 Å². The van der Waals surface area contributed by atoms with E-state index >= 15 is 0 Å². The van der Waals surface area contributed by atoms with Gasteiger partial charge in [0.25, 0.3) is 0 Å². The smallest absolute Gasteiger partial charge is 0.221 e. The molecule has 0 aromatic carbocycles. The molecule has 1 aromatic rings. The van der Waals surface area contributed by atoms with Gasteiger partial charge in [0.2, 0.25) is 5.88 Å². The Morgan fingerprint density at radius 3 is 2.10 bits per heavy atom. The Morgan fingerprint density at radius 2 is 1.60 bits per heavy atom. The van der Waals surface area contributed by atoms with Crippen LogP contribution < -0.4 is 10.5 Å². The first-order valence-corrected chi connectivity index (χ1v) is 6.92. The number of rotatable bonds is 4. The van der Waals surface area contributed by atoms with Gasteiger partial charge in [-0.05, 0) is 27.7 Å². The second kappa shape index (κ2) is 5.95. The van der Waals surface area contributed by atoms with Gasteiger partial charge in [-0.3, -0.25) is 0 Å². The largest absolute Gasteiger partial charge is 0.475 e. The van der Waals surface area contributed by atoms with Gasteiger partial charge in [-0.1, -0.05) is 20.8 Å². The summed E-state index contributed by atoms with van der Waals surface area (Å²) in [6.07, 6.45) is 0. The van der Waals surface area contributed by atoms with Crippen LogP contribution in [0.5, 0.6) is 5.88 Å². The Kier molecular flexibility index (Phi) is 4.97. The second-order valence-electron chi connectivity index (χ2n) is 6.92. The van der Waals surface area contributed by atoms with Crippen molar-refractivity contribution in [3.8, 4) is 5.88 Å². The summed E-state index contributed by atoms with van der Waals surface area (Å²) in [5.41, 5.74) is 6.37. The van der Waals surface area contributed by atoms with Crippen LogP contribution in [0.1, 0.15) is 52.9 Å². The monoisotopic (exact) mass is 281 g/mol. The molecular weight excluding hydrogens is 254 g/mol. The van der Waals surface area contributed by atoms with Crippen molar-refractivity contribution in [3.63, 3.8) is 0 Å². The summed E-state index contributed by atoms with van der Waals surface area (Å²) in [5, 5.41) is 0. The molecule has 20 heavy (non-hydrogen) atoms. The van der Waals surface area contributed by atoms with Crippen LogP contribution in [0.3, 0.4) is 0 Å². The van der Waals surface area contributed by atoms with E-state index in [2.05, 4.69) is 9.97 Å². The lowest BCUT2D eigenvalue weighted by Gasteiger charge is -2.21. The minimum Gasteiger partial charge on any atom is -0.475 e. The Hall–Kier alpha value is -1.36. The van der Waals surface area contributed by atoms with Crippen molar-refractivity contribution in [3.05, 3.63) is 11.4 Å². The molecule has 1 rings (SSSR count). The fourth-order valence-corrected chi connectivity index (χ4v) is 1.47. The Morgan fingerprint density at radius 1 is 1.00 bits per heavy atom. The minimum absolute atomic E-state index is 0.165. The molecule has 0 aliphatic rings. The summed E-state index contributed by atoms with van der Waals surface area (Å²) in [6, 6.07) is 0. The highest BCUT2D eigenvalue weighted by Gasteiger charge is 2.21. The van der Waals surface area contributed by atoms with E-state index in [4.69, 9.17) is 15.2 Å². The predicted octanol–water partition coefficient (Wildman–Crippen LogP) is 2.86. The molecule has 0 amide bonds. The lowest BCUT2D eigenvalue weighted by Crippen LogP contribution is -2.23. The van der Waals surface area contributed by atoms with Gasteiger partial charge in [0, 0.05) is 5.41 Å². The second-order valence-corrected chi connectivity index (χ2v) is 6.92. The molecule has 0 aliphatic carbocycles. The molecule has 0 saturated carbocycles. The van der Waals surface area contributed by atoms with Gasteiger partial charge in [-0.15, -0.1) is 0 Å². The van der Waals surface area contributed by atoms with E-state index in [0.717, 1.165) is 5.56 Å². The molecule has 1 aromatic heterocycles. The maximum Gasteiger partial charge on any atom is 0.221 e. The number of nitrogen functional groups attached to an aromatic ring is 1. The van der Waals surface area contributed by atoms with E-state index in [1.54, 1.807) is 0 Å². The van der Waals surface area contributed by atoms with Gasteiger partial charge in [-0.25, -0.2) is 4.98 Å². The fraction of sp³-hybridized carbons (Fsp3) is 0.733. The molecular formula is C15H27N3O2. The molecule has 0 spiro atoms. The Labute approximate surface area is 121 Å². The molecule has 0 atom stereocenters. The lowest BCUT2D eigenvalue weighted by atomic mass is 9.95. The van der Waals surface area contributed by atoms with E-state index in [9.17, 15) is 0 Å². The summed E-state index contributed by atoms with van der Waals surface area (Å²) >= 11 is 0. The normalized spacial score (nSPS) is 12.6. The molecule has 114 valence electrons. The highest BCUT2D eigenvalue weighted by molar-refractivity contribution is 5.45. The van der Waals surface area contributed by atoms with Gasteiger partial charge in [-0.2, -0.15) is 4.98 Å². The van der Waals surface area contributed by atoms with Crippen LogP contribution in [0.4, 0.5) is 5.82 Å². The quantitative estimate of drug-likeness (QED) is 0.859. The number of nitrogens with zero attached hydrogens (tertiary/aromatic N) is 2. The molecule has 0 unspecified atom stereocenters. The zero-order chi connectivity index (χ0) is 15.6. The third kappa shape index (κ3) is 4.96. The number of nitrogens with two attached hydrogens (primary N) is 1. The third-order valence-corrected chi connectivity index (χ3v) is 2.67. The van der Waals surface area contributed by atoms with E-state index < -0.39 is 0 Å². The number of hydrogen-bond donors (Lipinski definition) is 1. The summed E-state index contributed by atoms with van der Waals surface area (Å²) < 4.78 is 11.3. The van der Waals surface area contributed by atoms with Crippen LogP contribution in [0.15, 0.2) is 0 Å². The summed E-state index contributed by atoms with van der Waals surface area (Å²) in [7, 11) is 0. The lowest BCUT2D eigenvalue weighted by molar-refractivity contribution is -0.0169. The van der Waals surface area contributed by atoms with Crippen molar-refractivity contribution < 1.29 is 9.47 Å². The van der Waals surface area contributed by atoms with Gasteiger partial charge < -0.3 is 15.2 Å². The summed E-state index contributed by atoms with van der Waals surface area (Å²) in [6.45, 7) is 15.0. The molecule has 0 saturated heterocycles. The SMILES string of the molecule is Cc1c(N)nc(C(C)(C)C)nc1OCCOC(C)(C)C. The van der Waals surface area contributed by atoms with Gasteiger partial charge in [0.05, 0.1) is 17.8 Å². The average molecular weight is 281 g/mol. The van der Waals surface area contributed by atoms with Crippen LogP contribution >= 0.6 is 0 Å². The van der Waals surface area contributed by atoms with Crippen molar-refractivity contribution in [2.24, 2.45) is 0 Å². The first-order valence-electron chi connectivity index (χ1n) is 6.92. The third-order valence-electron chi connectivity index (χ3n) is 2.67. The highest BCUT2D eigenvalue weighted by Crippen LogP contribution is 2.26. The molecule has 0 aliphatic heterocycles. The first-order chi connectivity index (χ1) is 9.00. The Bertz CT molecular complexity index is 459. The van der Waals surface area contributed by atoms with Crippen LogP contribution in [-0.4, -0.2) is 28.8 Å². The fourth-order valence-electron chi connectivity index (χ4n) is 1.47. The van der Waals surface area contributed by atoms with Crippen molar-refractivity contribution in [1.29, 1.82) is 0 Å². The summed E-state index contributed by atoms with van der Waals surface area (Å²) in [4.78, 5) is 8.80. The van der Waals surface area contributed by atoms with Crippen molar-refractivity contribution in [2.75, 3.05) is 18.9 Å². The molecule has 0 bridgehead atoms. The summed E-state index contributed by atoms with van der Waals surface area (Å²) in [5.74, 6) is 1.70. The van der Waals surface area contributed by atoms with E-state index in [1.165, 1.54) is 0 Å². The standard InChI is InChI=1S/C15H27N3O2/c1-10-11(16)17-13(14(2,3)4)18-12(10)19-8-9-20-15(5,6)7/h8-9H2,1-7H3,(H2,16,17,18). The zero-order valence-electron chi connectivity index (χ0n) is 13.7. The molecule has 0 fully saturated rings. The first kappa shape index (κ1) is 16.7. The maximum absolute atomic E-state index is 5.93. The predicted molar refractivity (Wildman–Crippen MR) is 81.1 cm³/mol. The number of ether oxygens (including phenoxy) is 2. The number of hydrogen-bond acceptors (Lipinski definition) is 5. The van der Waals surface area contributed by atoms with Gasteiger partial charge in [0.15, 0.2) is 0 Å². The molecule has 0 radical (unpaired) electrons. The topological polar surface area (TPSA) is 70.3 Å². The molecule has 5 heteroatoms. The van der Waals surface area contributed by atoms with Gasteiger partial charge in [0.1, 0.15) is 18.2 Å². The highest BCUT2D eigenvalue weighted by atomic mass is 16.5. The van der Waals surface area contributed by atoms with Gasteiger partial charge >= 0.3 is 0 Å². The number of anilines is 1. The maximum atomic E-state index is 5.93. The Balaban J connectivity index is 2.77. The van der Waals surface area contributed by atoms with Crippen LogP contribution in [0, 0.1) is 6.92 Å². The van der Waals surface area contributed by atoms with E-state index in [1.807, 2.05) is 48.5 Å². The molecule has 1 heterocycles. The molecule has 2 N–H and O–H groups in total. The van der Waals surface area contributed by atoms with Crippen LogP contribution in [0.2, 0.25) is 0 Å². The van der Waals surface area contributed by atoms with Crippen LogP contribution in [-0.2, 0) is 10.2 Å². The minimum atomic E-state index is -0.167.